The van der Waals surface area contributed by atoms with Crippen molar-refractivity contribution in [3.63, 3.8) is 0 Å². The van der Waals surface area contributed by atoms with Crippen LogP contribution in [0.15, 0.2) is 51.8 Å². The predicted molar refractivity (Wildman–Crippen MR) is 124 cm³/mol. The SMILES string of the molecule is CSc1ccc2nc(N(CCN3CCOCC3)C(=O)c3cccc(Br)c3)sc2c1. The monoisotopic (exact) mass is 491 g/mol. The van der Waals surface area contributed by atoms with Gasteiger partial charge in [0.1, 0.15) is 0 Å². The first-order valence-electron chi connectivity index (χ1n) is 9.46. The molecular weight excluding hydrogens is 470 g/mol. The van der Waals surface area contributed by atoms with Crippen molar-refractivity contribution in [3.05, 3.63) is 52.5 Å². The van der Waals surface area contributed by atoms with Gasteiger partial charge in [-0.25, -0.2) is 4.98 Å². The van der Waals surface area contributed by atoms with Crippen LogP contribution in [0.25, 0.3) is 10.2 Å². The van der Waals surface area contributed by atoms with E-state index in [1.54, 1.807) is 23.1 Å². The summed E-state index contributed by atoms with van der Waals surface area (Å²) in [6, 6.07) is 13.8. The van der Waals surface area contributed by atoms with Crippen LogP contribution in [0, 0.1) is 0 Å². The van der Waals surface area contributed by atoms with Gasteiger partial charge in [-0.05, 0) is 42.7 Å². The van der Waals surface area contributed by atoms with Gasteiger partial charge in [0.15, 0.2) is 5.13 Å². The maximum atomic E-state index is 13.4. The Balaban J connectivity index is 1.64. The summed E-state index contributed by atoms with van der Waals surface area (Å²) in [6.07, 6.45) is 2.06. The van der Waals surface area contributed by atoms with Crippen molar-refractivity contribution < 1.29 is 9.53 Å². The third-order valence-electron chi connectivity index (χ3n) is 4.88. The van der Waals surface area contributed by atoms with Gasteiger partial charge < -0.3 is 4.74 Å². The molecule has 0 aliphatic carbocycles. The highest BCUT2D eigenvalue weighted by atomic mass is 79.9. The minimum absolute atomic E-state index is 0.0243. The Morgan fingerprint density at radius 2 is 2.10 bits per heavy atom. The van der Waals surface area contributed by atoms with E-state index in [0.717, 1.165) is 52.7 Å². The number of rotatable bonds is 6. The first-order valence-corrected chi connectivity index (χ1v) is 12.3. The van der Waals surface area contributed by atoms with E-state index >= 15 is 0 Å². The normalized spacial score (nSPS) is 15.0. The van der Waals surface area contributed by atoms with Crippen LogP contribution in [-0.2, 0) is 4.74 Å². The van der Waals surface area contributed by atoms with Gasteiger partial charge >= 0.3 is 0 Å². The molecule has 0 radical (unpaired) electrons. The summed E-state index contributed by atoms with van der Waals surface area (Å²) < 4.78 is 7.44. The van der Waals surface area contributed by atoms with Gasteiger partial charge in [-0.15, -0.1) is 11.8 Å². The minimum atomic E-state index is -0.0243. The second kappa shape index (κ2) is 9.57. The molecule has 0 bridgehead atoms. The average Bonchev–Trinajstić information content (AvgIpc) is 3.17. The summed E-state index contributed by atoms with van der Waals surface area (Å²) in [5.74, 6) is -0.0243. The van der Waals surface area contributed by atoms with Crippen molar-refractivity contribution >= 4 is 60.3 Å². The Kier molecular flexibility index (Phi) is 6.87. The molecule has 2 aromatic carbocycles. The largest absolute Gasteiger partial charge is 0.379 e. The molecule has 0 spiro atoms. The number of morpholine rings is 1. The molecule has 1 aliphatic heterocycles. The summed E-state index contributed by atoms with van der Waals surface area (Å²) >= 11 is 6.76. The molecular formula is C21H22BrN3O2S2. The molecule has 1 amide bonds. The van der Waals surface area contributed by atoms with Crippen LogP contribution in [0.3, 0.4) is 0 Å². The molecule has 1 saturated heterocycles. The molecule has 2 heterocycles. The Labute approximate surface area is 187 Å². The first-order chi connectivity index (χ1) is 14.1. The molecule has 8 heteroatoms. The van der Waals surface area contributed by atoms with Crippen molar-refractivity contribution in [1.82, 2.24) is 9.88 Å². The molecule has 1 aromatic heterocycles. The number of carbonyl (C=O) groups is 1. The molecule has 5 nitrogen and oxygen atoms in total. The Hall–Kier alpha value is -1.45. The zero-order valence-corrected chi connectivity index (χ0v) is 19.4. The Morgan fingerprint density at radius 3 is 2.86 bits per heavy atom. The van der Waals surface area contributed by atoms with Gasteiger partial charge in [-0.2, -0.15) is 0 Å². The highest BCUT2D eigenvalue weighted by Crippen LogP contribution is 2.32. The molecule has 1 fully saturated rings. The van der Waals surface area contributed by atoms with Gasteiger partial charge in [0.2, 0.25) is 0 Å². The fourth-order valence-electron chi connectivity index (χ4n) is 3.26. The highest BCUT2D eigenvalue weighted by Gasteiger charge is 2.23. The smallest absolute Gasteiger partial charge is 0.260 e. The van der Waals surface area contributed by atoms with Crippen LogP contribution in [0.5, 0.6) is 0 Å². The number of hydrogen-bond acceptors (Lipinski definition) is 6. The molecule has 152 valence electrons. The lowest BCUT2D eigenvalue weighted by Crippen LogP contribution is -2.43. The van der Waals surface area contributed by atoms with E-state index in [4.69, 9.17) is 9.72 Å². The maximum Gasteiger partial charge on any atom is 0.260 e. The van der Waals surface area contributed by atoms with Crippen LogP contribution < -0.4 is 4.90 Å². The van der Waals surface area contributed by atoms with E-state index in [1.165, 1.54) is 4.90 Å². The third-order valence-corrected chi connectivity index (χ3v) is 7.14. The van der Waals surface area contributed by atoms with Crippen molar-refractivity contribution in [2.24, 2.45) is 0 Å². The van der Waals surface area contributed by atoms with Crippen LogP contribution in [0.1, 0.15) is 10.4 Å². The zero-order valence-electron chi connectivity index (χ0n) is 16.1. The van der Waals surface area contributed by atoms with E-state index in [2.05, 4.69) is 39.2 Å². The van der Waals surface area contributed by atoms with E-state index in [0.29, 0.717) is 12.1 Å². The molecule has 29 heavy (non-hydrogen) atoms. The minimum Gasteiger partial charge on any atom is -0.379 e. The number of anilines is 1. The van der Waals surface area contributed by atoms with E-state index < -0.39 is 0 Å². The standard InChI is InChI=1S/C21H22BrN3O2S2/c1-28-17-5-6-18-19(14-17)29-21(23-18)25(8-7-24-9-11-27-12-10-24)20(26)15-3-2-4-16(22)13-15/h2-6,13-14H,7-12H2,1H3. The van der Waals surface area contributed by atoms with Crippen LogP contribution in [0.4, 0.5) is 5.13 Å². The van der Waals surface area contributed by atoms with Crippen molar-refractivity contribution in [1.29, 1.82) is 0 Å². The number of carbonyl (C=O) groups excluding carboxylic acids is 1. The number of amides is 1. The summed E-state index contributed by atoms with van der Waals surface area (Å²) in [7, 11) is 0. The van der Waals surface area contributed by atoms with Crippen molar-refractivity contribution in [2.45, 2.75) is 4.90 Å². The van der Waals surface area contributed by atoms with Gasteiger partial charge in [0.05, 0.1) is 23.4 Å². The Morgan fingerprint density at radius 1 is 1.28 bits per heavy atom. The molecule has 1 aliphatic rings. The number of hydrogen-bond donors (Lipinski definition) is 0. The van der Waals surface area contributed by atoms with Crippen molar-refractivity contribution in [2.75, 3.05) is 50.5 Å². The summed E-state index contributed by atoms with van der Waals surface area (Å²) in [4.78, 5) is 23.5. The Bertz CT molecular complexity index is 1000. The number of benzene rings is 2. The summed E-state index contributed by atoms with van der Waals surface area (Å²) in [5, 5.41) is 0.747. The average molecular weight is 492 g/mol. The van der Waals surface area contributed by atoms with Crippen molar-refractivity contribution in [3.8, 4) is 0 Å². The molecule has 0 N–H and O–H groups in total. The van der Waals surface area contributed by atoms with Crippen LogP contribution >= 0.6 is 39.0 Å². The second-order valence-corrected chi connectivity index (χ2v) is 9.56. The fourth-order valence-corrected chi connectivity index (χ4v) is 5.21. The van der Waals surface area contributed by atoms with Gasteiger partial charge in [0.25, 0.3) is 5.91 Å². The molecule has 0 unspecified atom stereocenters. The van der Waals surface area contributed by atoms with E-state index in [1.807, 2.05) is 35.2 Å². The van der Waals surface area contributed by atoms with Gasteiger partial charge in [-0.3, -0.25) is 14.6 Å². The molecule has 0 saturated carbocycles. The lowest BCUT2D eigenvalue weighted by molar-refractivity contribution is 0.0391. The third kappa shape index (κ3) is 5.00. The number of ether oxygens (including phenoxy) is 1. The van der Waals surface area contributed by atoms with Gasteiger partial charge in [-0.1, -0.05) is 33.3 Å². The number of aromatic nitrogens is 1. The molecule has 3 aromatic rings. The topological polar surface area (TPSA) is 45.7 Å². The maximum absolute atomic E-state index is 13.4. The summed E-state index contributed by atoms with van der Waals surface area (Å²) in [6.45, 7) is 4.69. The first kappa shape index (κ1) is 20.8. The summed E-state index contributed by atoms with van der Waals surface area (Å²) in [5.41, 5.74) is 1.59. The lowest BCUT2D eigenvalue weighted by Gasteiger charge is -2.29. The highest BCUT2D eigenvalue weighted by molar-refractivity contribution is 9.10. The van der Waals surface area contributed by atoms with Crippen LogP contribution in [0.2, 0.25) is 0 Å². The van der Waals surface area contributed by atoms with Gasteiger partial charge in [0, 0.05) is 41.1 Å². The van der Waals surface area contributed by atoms with E-state index in [-0.39, 0.29) is 5.91 Å². The predicted octanol–water partition coefficient (Wildman–Crippen LogP) is 4.76. The number of halogens is 1. The number of thiazole rings is 1. The van der Waals surface area contributed by atoms with E-state index in [9.17, 15) is 4.79 Å². The number of fused-ring (bicyclic) bond motifs is 1. The number of thioether (sulfide) groups is 1. The number of nitrogens with zero attached hydrogens (tertiary/aromatic N) is 3. The molecule has 4 rings (SSSR count). The van der Waals surface area contributed by atoms with Crippen LogP contribution in [-0.4, -0.2) is 61.4 Å². The second-order valence-electron chi connectivity index (χ2n) is 6.75. The quantitative estimate of drug-likeness (QED) is 0.465. The lowest BCUT2D eigenvalue weighted by atomic mass is 10.2. The molecule has 0 atom stereocenters. The fraction of sp³-hybridized carbons (Fsp3) is 0.333. The zero-order chi connectivity index (χ0) is 20.2.